The topological polar surface area (TPSA) is 55.1 Å². The second kappa shape index (κ2) is 5.84. The average molecular weight is 236 g/mol. The van der Waals surface area contributed by atoms with Gasteiger partial charge in [0.2, 0.25) is 0 Å². The van der Waals surface area contributed by atoms with Gasteiger partial charge in [-0.1, -0.05) is 31.3 Å². The van der Waals surface area contributed by atoms with Crippen molar-refractivity contribution in [2.45, 2.75) is 51.4 Å². The number of aromatic nitrogens is 1. The normalized spacial score (nSPS) is 14.9. The van der Waals surface area contributed by atoms with Crippen molar-refractivity contribution in [3.63, 3.8) is 0 Å². The molecule has 1 amide bonds. The first-order valence-corrected chi connectivity index (χ1v) is 6.56. The van der Waals surface area contributed by atoms with E-state index in [0.29, 0.717) is 11.6 Å². The highest BCUT2D eigenvalue weighted by Gasteiger charge is 2.28. The third kappa shape index (κ3) is 3.58. The fourth-order valence-electron chi connectivity index (χ4n) is 1.80. The van der Waals surface area contributed by atoms with Crippen LogP contribution in [0.2, 0.25) is 0 Å². The summed E-state index contributed by atoms with van der Waals surface area (Å²) in [4.78, 5) is 11.7. The van der Waals surface area contributed by atoms with E-state index in [-0.39, 0.29) is 5.91 Å². The fraction of sp³-hybridized carbons (Fsp3) is 0.692. The van der Waals surface area contributed by atoms with Gasteiger partial charge in [-0.05, 0) is 19.3 Å². The van der Waals surface area contributed by atoms with Crippen molar-refractivity contribution in [2.24, 2.45) is 0 Å². The zero-order chi connectivity index (χ0) is 12.1. The van der Waals surface area contributed by atoms with Crippen molar-refractivity contribution in [3.8, 4) is 0 Å². The number of nitrogens with one attached hydrogen (secondary N) is 1. The average Bonchev–Trinajstić information content (AvgIpc) is 3.07. The molecular formula is C13H20N2O2. The predicted octanol–water partition coefficient (Wildman–Crippen LogP) is 2.86. The zero-order valence-electron chi connectivity index (χ0n) is 10.4. The van der Waals surface area contributed by atoms with E-state index < -0.39 is 0 Å². The molecule has 0 unspecified atom stereocenters. The van der Waals surface area contributed by atoms with Gasteiger partial charge in [0, 0.05) is 18.5 Å². The van der Waals surface area contributed by atoms with Crippen LogP contribution in [0, 0.1) is 0 Å². The van der Waals surface area contributed by atoms with E-state index >= 15 is 0 Å². The van der Waals surface area contributed by atoms with Gasteiger partial charge in [0.1, 0.15) is 5.76 Å². The summed E-state index contributed by atoms with van der Waals surface area (Å²) in [6, 6.07) is 1.78. The molecule has 0 aliphatic heterocycles. The van der Waals surface area contributed by atoms with Gasteiger partial charge in [0.05, 0.1) is 0 Å². The van der Waals surface area contributed by atoms with Crippen LogP contribution in [0.25, 0.3) is 0 Å². The molecule has 2 rings (SSSR count). The fourth-order valence-corrected chi connectivity index (χ4v) is 1.80. The molecule has 4 heteroatoms. The summed E-state index contributed by atoms with van der Waals surface area (Å²) in [6.07, 6.45) is 6.96. The Morgan fingerprint density at radius 1 is 1.47 bits per heavy atom. The SMILES string of the molecule is CCCCCCNC(=O)c1cc(C2CC2)on1. The van der Waals surface area contributed by atoms with Crippen LogP contribution in [-0.4, -0.2) is 17.6 Å². The summed E-state index contributed by atoms with van der Waals surface area (Å²) in [7, 11) is 0. The van der Waals surface area contributed by atoms with Crippen LogP contribution in [0.3, 0.4) is 0 Å². The lowest BCUT2D eigenvalue weighted by atomic mass is 10.2. The molecule has 1 fully saturated rings. The highest BCUT2D eigenvalue weighted by atomic mass is 16.5. The highest BCUT2D eigenvalue weighted by Crippen LogP contribution is 2.40. The smallest absolute Gasteiger partial charge is 0.273 e. The van der Waals surface area contributed by atoms with E-state index in [1.54, 1.807) is 6.07 Å². The van der Waals surface area contributed by atoms with Crippen LogP contribution in [-0.2, 0) is 0 Å². The molecule has 1 N–H and O–H groups in total. The summed E-state index contributed by atoms with van der Waals surface area (Å²) < 4.78 is 5.14. The minimum atomic E-state index is -0.114. The van der Waals surface area contributed by atoms with Gasteiger partial charge in [0.15, 0.2) is 5.69 Å². The van der Waals surface area contributed by atoms with Crippen LogP contribution in [0.15, 0.2) is 10.6 Å². The largest absolute Gasteiger partial charge is 0.360 e. The number of carbonyl (C=O) groups is 1. The van der Waals surface area contributed by atoms with E-state index in [9.17, 15) is 4.79 Å². The zero-order valence-corrected chi connectivity index (χ0v) is 10.4. The van der Waals surface area contributed by atoms with E-state index in [4.69, 9.17) is 4.52 Å². The molecule has 17 heavy (non-hydrogen) atoms. The van der Waals surface area contributed by atoms with E-state index in [2.05, 4.69) is 17.4 Å². The number of carbonyl (C=O) groups excluding carboxylic acids is 1. The molecule has 1 aliphatic rings. The molecule has 94 valence electrons. The molecule has 1 aromatic heterocycles. The maximum atomic E-state index is 11.7. The lowest BCUT2D eigenvalue weighted by Crippen LogP contribution is -2.24. The first-order valence-electron chi connectivity index (χ1n) is 6.56. The van der Waals surface area contributed by atoms with Gasteiger partial charge in [-0.3, -0.25) is 4.79 Å². The highest BCUT2D eigenvalue weighted by molar-refractivity contribution is 5.92. The molecular weight excluding hydrogens is 216 g/mol. The molecule has 0 bridgehead atoms. The Bertz CT molecular complexity index is 369. The molecule has 0 spiro atoms. The predicted molar refractivity (Wildman–Crippen MR) is 65.0 cm³/mol. The van der Waals surface area contributed by atoms with Crippen molar-refractivity contribution in [1.29, 1.82) is 0 Å². The molecule has 1 aliphatic carbocycles. The molecule has 1 saturated carbocycles. The maximum Gasteiger partial charge on any atom is 0.273 e. The van der Waals surface area contributed by atoms with Gasteiger partial charge < -0.3 is 9.84 Å². The van der Waals surface area contributed by atoms with Gasteiger partial charge in [0.25, 0.3) is 5.91 Å². The minimum absolute atomic E-state index is 0.114. The molecule has 0 saturated heterocycles. The molecule has 1 heterocycles. The summed E-state index contributed by atoms with van der Waals surface area (Å²) in [5, 5.41) is 6.67. The van der Waals surface area contributed by atoms with Gasteiger partial charge >= 0.3 is 0 Å². The van der Waals surface area contributed by atoms with Crippen molar-refractivity contribution in [3.05, 3.63) is 17.5 Å². The first-order chi connectivity index (χ1) is 8.31. The molecule has 4 nitrogen and oxygen atoms in total. The molecule has 0 radical (unpaired) electrons. The second-order valence-electron chi connectivity index (χ2n) is 4.71. The summed E-state index contributed by atoms with van der Waals surface area (Å²) in [6.45, 7) is 2.90. The van der Waals surface area contributed by atoms with Crippen LogP contribution < -0.4 is 5.32 Å². The quantitative estimate of drug-likeness (QED) is 0.741. The van der Waals surface area contributed by atoms with E-state index in [0.717, 1.165) is 31.6 Å². The Balaban J connectivity index is 1.70. The third-order valence-electron chi connectivity index (χ3n) is 3.06. The van der Waals surface area contributed by atoms with Crippen LogP contribution in [0.5, 0.6) is 0 Å². The van der Waals surface area contributed by atoms with Gasteiger partial charge in [-0.25, -0.2) is 0 Å². The summed E-state index contributed by atoms with van der Waals surface area (Å²) in [5.41, 5.74) is 0.419. The Kier molecular flexibility index (Phi) is 4.18. The van der Waals surface area contributed by atoms with Crippen molar-refractivity contribution in [1.82, 2.24) is 10.5 Å². The number of rotatable bonds is 7. The Morgan fingerprint density at radius 3 is 3.00 bits per heavy atom. The Morgan fingerprint density at radius 2 is 2.29 bits per heavy atom. The number of hydrogen-bond acceptors (Lipinski definition) is 3. The second-order valence-corrected chi connectivity index (χ2v) is 4.71. The summed E-state index contributed by atoms with van der Waals surface area (Å²) in [5.74, 6) is 1.26. The van der Waals surface area contributed by atoms with Crippen molar-refractivity contribution >= 4 is 5.91 Å². The Labute approximate surface area is 102 Å². The minimum Gasteiger partial charge on any atom is -0.360 e. The first kappa shape index (κ1) is 12.1. The van der Waals surface area contributed by atoms with Crippen molar-refractivity contribution < 1.29 is 9.32 Å². The van der Waals surface area contributed by atoms with Crippen LogP contribution >= 0.6 is 0 Å². The standard InChI is InChI=1S/C13H20N2O2/c1-2-3-4-5-8-14-13(16)11-9-12(17-15-11)10-6-7-10/h9-10H,2-8H2,1H3,(H,14,16). The number of hydrogen-bond donors (Lipinski definition) is 1. The summed E-state index contributed by atoms with van der Waals surface area (Å²) >= 11 is 0. The number of amides is 1. The van der Waals surface area contributed by atoms with Crippen LogP contribution in [0.4, 0.5) is 0 Å². The lowest BCUT2D eigenvalue weighted by Gasteiger charge is -2.01. The van der Waals surface area contributed by atoms with Gasteiger partial charge in [-0.15, -0.1) is 0 Å². The van der Waals surface area contributed by atoms with Crippen LogP contribution in [0.1, 0.15) is 67.6 Å². The maximum absolute atomic E-state index is 11.7. The number of unbranched alkanes of at least 4 members (excludes halogenated alkanes) is 3. The van der Waals surface area contributed by atoms with E-state index in [1.807, 2.05) is 0 Å². The molecule has 1 aromatic rings. The molecule has 0 aromatic carbocycles. The monoisotopic (exact) mass is 236 g/mol. The Hall–Kier alpha value is -1.32. The van der Waals surface area contributed by atoms with Gasteiger partial charge in [-0.2, -0.15) is 0 Å². The number of nitrogens with zero attached hydrogens (tertiary/aromatic N) is 1. The van der Waals surface area contributed by atoms with E-state index in [1.165, 1.54) is 19.3 Å². The van der Waals surface area contributed by atoms with Crippen molar-refractivity contribution in [2.75, 3.05) is 6.54 Å². The molecule has 0 atom stereocenters. The lowest BCUT2D eigenvalue weighted by molar-refractivity contribution is 0.0944. The third-order valence-corrected chi connectivity index (χ3v) is 3.06.